The van der Waals surface area contributed by atoms with Crippen molar-refractivity contribution in [2.24, 2.45) is 5.92 Å². The van der Waals surface area contributed by atoms with Gasteiger partial charge in [0.15, 0.2) is 0 Å². The van der Waals surface area contributed by atoms with Crippen LogP contribution in [0, 0.1) is 5.92 Å². The first-order valence-electron chi connectivity index (χ1n) is 7.41. The Labute approximate surface area is 120 Å². The minimum absolute atomic E-state index is 0.152. The first kappa shape index (κ1) is 14.7. The van der Waals surface area contributed by atoms with Crippen LogP contribution < -0.4 is 10.6 Å². The molecule has 0 aliphatic heterocycles. The van der Waals surface area contributed by atoms with Gasteiger partial charge in [0.1, 0.15) is 0 Å². The Kier molecular flexibility index (Phi) is 4.88. The highest BCUT2D eigenvalue weighted by Crippen LogP contribution is 2.33. The summed E-state index contributed by atoms with van der Waals surface area (Å²) < 4.78 is 0. The van der Waals surface area contributed by atoms with E-state index in [0.717, 1.165) is 24.2 Å². The molecule has 2 atom stereocenters. The zero-order valence-corrected chi connectivity index (χ0v) is 12.1. The van der Waals surface area contributed by atoms with Crippen LogP contribution in [0.1, 0.15) is 39.0 Å². The first-order valence-corrected chi connectivity index (χ1v) is 7.41. The fourth-order valence-electron chi connectivity index (χ4n) is 3.15. The quantitative estimate of drug-likeness (QED) is 0.811. The third-order valence-electron chi connectivity index (χ3n) is 4.16. The molecular weight excluding hydrogens is 252 g/mol. The molecule has 0 heterocycles. The molecule has 3 N–H and O–H groups in total. The van der Waals surface area contributed by atoms with Gasteiger partial charge in [0.2, 0.25) is 0 Å². The van der Waals surface area contributed by atoms with Gasteiger partial charge in [0.25, 0.3) is 0 Å². The van der Waals surface area contributed by atoms with Crippen LogP contribution in [-0.4, -0.2) is 23.7 Å². The summed E-state index contributed by atoms with van der Waals surface area (Å²) in [7, 11) is 0. The number of carboxylic acid groups (broad SMARTS) is 1. The lowest BCUT2D eigenvalue weighted by molar-refractivity contribution is -0.136. The van der Waals surface area contributed by atoms with E-state index in [-0.39, 0.29) is 6.42 Å². The standard InChI is InChI=1S/C16H24N2O2/c1-12-5-4-6-13(11-12)18(10-9-16(19)20)15-8-3-2-7-14(15)17/h2-3,7-8,12-13H,4-6,9-11,17H2,1H3,(H,19,20). The van der Waals surface area contributed by atoms with E-state index >= 15 is 0 Å². The normalized spacial score (nSPS) is 22.4. The summed E-state index contributed by atoms with van der Waals surface area (Å²) in [5.74, 6) is -0.0561. The Bertz CT molecular complexity index is 462. The van der Waals surface area contributed by atoms with Gasteiger partial charge in [-0.3, -0.25) is 4.79 Å². The molecule has 1 saturated carbocycles. The van der Waals surface area contributed by atoms with Gasteiger partial charge in [-0.05, 0) is 30.9 Å². The van der Waals surface area contributed by atoms with Crippen molar-refractivity contribution in [1.29, 1.82) is 0 Å². The molecular formula is C16H24N2O2. The number of aliphatic carboxylic acids is 1. The number of nitrogen functional groups attached to an aromatic ring is 1. The topological polar surface area (TPSA) is 66.6 Å². The van der Waals surface area contributed by atoms with Crippen molar-refractivity contribution in [3.63, 3.8) is 0 Å². The van der Waals surface area contributed by atoms with Gasteiger partial charge < -0.3 is 15.7 Å². The van der Waals surface area contributed by atoms with Gasteiger partial charge in [-0.15, -0.1) is 0 Å². The summed E-state index contributed by atoms with van der Waals surface area (Å²) >= 11 is 0. The summed E-state index contributed by atoms with van der Waals surface area (Å²) in [5.41, 5.74) is 7.79. The summed E-state index contributed by atoms with van der Waals surface area (Å²) in [6.07, 6.45) is 4.88. The minimum atomic E-state index is -0.756. The Morgan fingerprint density at radius 2 is 2.15 bits per heavy atom. The van der Waals surface area contributed by atoms with Crippen LogP contribution in [0.5, 0.6) is 0 Å². The van der Waals surface area contributed by atoms with E-state index in [1.165, 1.54) is 12.8 Å². The molecule has 0 radical (unpaired) electrons. The molecule has 2 rings (SSSR count). The molecule has 0 saturated heterocycles. The molecule has 4 heteroatoms. The smallest absolute Gasteiger partial charge is 0.305 e. The molecule has 0 bridgehead atoms. The van der Waals surface area contributed by atoms with E-state index in [4.69, 9.17) is 10.8 Å². The molecule has 0 aromatic heterocycles. The van der Waals surface area contributed by atoms with Crippen LogP contribution >= 0.6 is 0 Å². The molecule has 1 aliphatic carbocycles. The van der Waals surface area contributed by atoms with E-state index in [2.05, 4.69) is 11.8 Å². The number of hydrogen-bond donors (Lipinski definition) is 2. The zero-order valence-electron chi connectivity index (χ0n) is 12.1. The first-order chi connectivity index (χ1) is 9.58. The summed E-state index contributed by atoms with van der Waals surface area (Å²) in [4.78, 5) is 13.1. The Morgan fingerprint density at radius 1 is 1.40 bits per heavy atom. The second-order valence-electron chi connectivity index (χ2n) is 5.82. The number of nitrogens with zero attached hydrogens (tertiary/aromatic N) is 1. The van der Waals surface area contributed by atoms with E-state index < -0.39 is 5.97 Å². The molecule has 110 valence electrons. The fraction of sp³-hybridized carbons (Fsp3) is 0.562. The number of benzene rings is 1. The Morgan fingerprint density at radius 3 is 2.80 bits per heavy atom. The van der Waals surface area contributed by atoms with E-state index in [1.54, 1.807) is 0 Å². The molecule has 0 spiro atoms. The molecule has 1 aromatic rings. The molecule has 20 heavy (non-hydrogen) atoms. The van der Waals surface area contributed by atoms with Crippen molar-refractivity contribution in [3.05, 3.63) is 24.3 Å². The monoisotopic (exact) mass is 276 g/mol. The van der Waals surface area contributed by atoms with Crippen molar-refractivity contribution in [2.45, 2.75) is 45.1 Å². The fourth-order valence-corrected chi connectivity index (χ4v) is 3.15. The molecule has 1 fully saturated rings. The molecule has 1 aliphatic rings. The highest BCUT2D eigenvalue weighted by atomic mass is 16.4. The lowest BCUT2D eigenvalue weighted by Crippen LogP contribution is -2.40. The highest BCUT2D eigenvalue weighted by molar-refractivity contribution is 5.71. The lowest BCUT2D eigenvalue weighted by atomic mass is 9.86. The third-order valence-corrected chi connectivity index (χ3v) is 4.16. The number of anilines is 2. The third kappa shape index (κ3) is 3.65. The summed E-state index contributed by atoms with van der Waals surface area (Å²) in [5, 5.41) is 8.97. The van der Waals surface area contributed by atoms with Gasteiger partial charge in [0.05, 0.1) is 17.8 Å². The molecule has 4 nitrogen and oxygen atoms in total. The Hall–Kier alpha value is -1.71. The van der Waals surface area contributed by atoms with E-state index in [1.807, 2.05) is 24.3 Å². The largest absolute Gasteiger partial charge is 0.481 e. The number of hydrogen-bond acceptors (Lipinski definition) is 3. The number of carbonyl (C=O) groups is 1. The van der Waals surface area contributed by atoms with Gasteiger partial charge in [0, 0.05) is 12.6 Å². The van der Waals surface area contributed by atoms with Crippen LogP contribution in [0.4, 0.5) is 11.4 Å². The molecule has 0 amide bonds. The maximum Gasteiger partial charge on any atom is 0.305 e. The van der Waals surface area contributed by atoms with Crippen LogP contribution in [0.2, 0.25) is 0 Å². The van der Waals surface area contributed by atoms with Gasteiger partial charge in [-0.1, -0.05) is 31.9 Å². The number of para-hydroxylation sites is 2. The van der Waals surface area contributed by atoms with Crippen molar-refractivity contribution < 1.29 is 9.90 Å². The zero-order chi connectivity index (χ0) is 14.5. The minimum Gasteiger partial charge on any atom is -0.481 e. The SMILES string of the molecule is CC1CCCC(N(CCC(=O)O)c2ccccc2N)C1. The lowest BCUT2D eigenvalue weighted by Gasteiger charge is -2.38. The second-order valence-corrected chi connectivity index (χ2v) is 5.82. The predicted octanol–water partition coefficient (Wildman–Crippen LogP) is 3.13. The maximum absolute atomic E-state index is 10.9. The van der Waals surface area contributed by atoms with Crippen LogP contribution in [0.25, 0.3) is 0 Å². The number of rotatable bonds is 5. The van der Waals surface area contributed by atoms with E-state index in [9.17, 15) is 4.79 Å². The number of carboxylic acids is 1. The average Bonchev–Trinajstić information content (AvgIpc) is 2.41. The van der Waals surface area contributed by atoms with Crippen molar-refractivity contribution >= 4 is 17.3 Å². The molecule has 1 aromatic carbocycles. The highest BCUT2D eigenvalue weighted by Gasteiger charge is 2.26. The van der Waals surface area contributed by atoms with Crippen molar-refractivity contribution in [2.75, 3.05) is 17.2 Å². The van der Waals surface area contributed by atoms with Crippen LogP contribution in [0.3, 0.4) is 0 Å². The van der Waals surface area contributed by atoms with Crippen molar-refractivity contribution in [1.82, 2.24) is 0 Å². The summed E-state index contributed by atoms with van der Waals surface area (Å²) in [6.45, 7) is 2.80. The average molecular weight is 276 g/mol. The predicted molar refractivity (Wildman–Crippen MR) is 81.9 cm³/mol. The summed E-state index contributed by atoms with van der Waals surface area (Å²) in [6, 6.07) is 8.16. The Balaban J connectivity index is 2.19. The number of nitrogens with two attached hydrogens (primary N) is 1. The van der Waals surface area contributed by atoms with E-state index in [0.29, 0.717) is 18.5 Å². The van der Waals surface area contributed by atoms with Gasteiger partial charge in [-0.2, -0.15) is 0 Å². The van der Waals surface area contributed by atoms with Crippen LogP contribution in [0.15, 0.2) is 24.3 Å². The second kappa shape index (κ2) is 6.64. The maximum atomic E-state index is 10.9. The van der Waals surface area contributed by atoms with Gasteiger partial charge in [-0.25, -0.2) is 0 Å². The van der Waals surface area contributed by atoms with Crippen molar-refractivity contribution in [3.8, 4) is 0 Å². The van der Waals surface area contributed by atoms with Gasteiger partial charge >= 0.3 is 5.97 Å². The molecule has 2 unspecified atom stereocenters. The van der Waals surface area contributed by atoms with Crippen LogP contribution in [-0.2, 0) is 4.79 Å².